The van der Waals surface area contributed by atoms with Crippen molar-refractivity contribution in [2.24, 2.45) is 4.99 Å². The summed E-state index contributed by atoms with van der Waals surface area (Å²) in [6.07, 6.45) is 2.81. The highest BCUT2D eigenvalue weighted by Crippen LogP contribution is 2.10. The van der Waals surface area contributed by atoms with Crippen LogP contribution in [-0.4, -0.2) is 37.7 Å². The molecule has 0 atom stereocenters. The monoisotopic (exact) mass is 318 g/mol. The van der Waals surface area contributed by atoms with Gasteiger partial charge in [-0.05, 0) is 19.1 Å². The quantitative estimate of drug-likeness (QED) is 0.467. The number of ether oxygens (including phenoxy) is 1. The second kappa shape index (κ2) is 9.04. The van der Waals surface area contributed by atoms with Gasteiger partial charge in [0.25, 0.3) is 0 Å². The molecular formula is C16H22N4OS. The van der Waals surface area contributed by atoms with Gasteiger partial charge in [-0.2, -0.15) is 0 Å². The van der Waals surface area contributed by atoms with E-state index in [9.17, 15) is 0 Å². The van der Waals surface area contributed by atoms with E-state index in [1.807, 2.05) is 36.5 Å². The number of guanidine groups is 1. The number of nitrogens with one attached hydrogen (secondary N) is 2. The number of aryl methyl sites for hydroxylation is 1. The minimum atomic E-state index is 0.594. The molecule has 0 amide bonds. The fraction of sp³-hybridized carbons (Fsp3) is 0.375. The van der Waals surface area contributed by atoms with Gasteiger partial charge >= 0.3 is 0 Å². The van der Waals surface area contributed by atoms with E-state index >= 15 is 0 Å². The summed E-state index contributed by atoms with van der Waals surface area (Å²) in [5.41, 5.74) is 0. The van der Waals surface area contributed by atoms with Crippen LogP contribution in [0.4, 0.5) is 0 Å². The Morgan fingerprint density at radius 1 is 1.23 bits per heavy atom. The molecule has 0 saturated carbocycles. The third-order valence-electron chi connectivity index (χ3n) is 2.93. The molecule has 0 bridgehead atoms. The summed E-state index contributed by atoms with van der Waals surface area (Å²) in [6.45, 7) is 4.18. The van der Waals surface area contributed by atoms with Crippen LogP contribution in [0.15, 0.2) is 41.5 Å². The molecule has 0 spiro atoms. The number of hydrogen-bond acceptors (Lipinski definition) is 4. The van der Waals surface area contributed by atoms with Gasteiger partial charge in [-0.1, -0.05) is 18.2 Å². The molecule has 1 aromatic heterocycles. The Morgan fingerprint density at radius 2 is 2.00 bits per heavy atom. The van der Waals surface area contributed by atoms with Gasteiger partial charge in [-0.3, -0.25) is 4.99 Å². The number of benzene rings is 1. The number of rotatable bonds is 7. The van der Waals surface area contributed by atoms with Crippen LogP contribution in [0.3, 0.4) is 0 Å². The first-order valence-electron chi connectivity index (χ1n) is 7.31. The highest BCUT2D eigenvalue weighted by molar-refractivity contribution is 7.11. The van der Waals surface area contributed by atoms with Gasteiger partial charge < -0.3 is 15.4 Å². The fourth-order valence-corrected chi connectivity index (χ4v) is 2.67. The molecule has 6 heteroatoms. The van der Waals surface area contributed by atoms with Crippen molar-refractivity contribution in [2.75, 3.05) is 26.7 Å². The first-order chi connectivity index (χ1) is 10.8. The SMILES string of the molecule is CN=C(NCCOc1ccccc1)NCCc1ncc(C)s1. The molecule has 5 nitrogen and oxygen atoms in total. The number of para-hydroxylation sites is 1. The average Bonchev–Trinajstić information content (AvgIpc) is 2.96. The van der Waals surface area contributed by atoms with E-state index < -0.39 is 0 Å². The summed E-state index contributed by atoms with van der Waals surface area (Å²) in [4.78, 5) is 9.78. The third-order valence-corrected chi connectivity index (χ3v) is 3.90. The Bertz CT molecular complexity index is 583. The summed E-state index contributed by atoms with van der Waals surface area (Å²) in [7, 11) is 1.76. The van der Waals surface area contributed by atoms with E-state index in [0.717, 1.165) is 29.7 Å². The molecular weight excluding hydrogens is 296 g/mol. The lowest BCUT2D eigenvalue weighted by Gasteiger charge is -2.12. The van der Waals surface area contributed by atoms with E-state index in [1.54, 1.807) is 18.4 Å². The maximum Gasteiger partial charge on any atom is 0.191 e. The number of aliphatic imine (C=N–C) groups is 1. The first kappa shape index (κ1) is 16.3. The number of nitrogens with zero attached hydrogens (tertiary/aromatic N) is 2. The fourth-order valence-electron chi connectivity index (χ4n) is 1.88. The summed E-state index contributed by atoms with van der Waals surface area (Å²) >= 11 is 1.73. The zero-order valence-corrected chi connectivity index (χ0v) is 13.8. The molecule has 0 aliphatic heterocycles. The topological polar surface area (TPSA) is 58.5 Å². The average molecular weight is 318 g/mol. The Kier molecular flexibility index (Phi) is 6.70. The van der Waals surface area contributed by atoms with Crippen molar-refractivity contribution >= 4 is 17.3 Å². The molecule has 2 aromatic rings. The molecule has 2 N–H and O–H groups in total. The van der Waals surface area contributed by atoms with Crippen LogP contribution < -0.4 is 15.4 Å². The maximum absolute atomic E-state index is 5.62. The molecule has 22 heavy (non-hydrogen) atoms. The Labute approximate surface area is 135 Å². The van der Waals surface area contributed by atoms with Crippen LogP contribution in [0.5, 0.6) is 5.75 Å². The van der Waals surface area contributed by atoms with E-state index in [1.165, 1.54) is 4.88 Å². The van der Waals surface area contributed by atoms with Gasteiger partial charge in [0.05, 0.1) is 11.6 Å². The van der Waals surface area contributed by atoms with Crippen LogP contribution in [-0.2, 0) is 6.42 Å². The number of hydrogen-bond donors (Lipinski definition) is 2. The van der Waals surface area contributed by atoms with Crippen molar-refractivity contribution in [3.05, 3.63) is 46.4 Å². The van der Waals surface area contributed by atoms with E-state index in [2.05, 4.69) is 27.5 Å². The summed E-state index contributed by atoms with van der Waals surface area (Å²) in [5, 5.41) is 7.65. The smallest absolute Gasteiger partial charge is 0.191 e. The van der Waals surface area contributed by atoms with Crippen LogP contribution in [0.25, 0.3) is 0 Å². The molecule has 2 rings (SSSR count). The number of aromatic nitrogens is 1. The predicted molar refractivity (Wildman–Crippen MR) is 91.9 cm³/mol. The molecule has 0 fully saturated rings. The minimum absolute atomic E-state index is 0.594. The van der Waals surface area contributed by atoms with E-state index in [4.69, 9.17) is 4.74 Å². The summed E-state index contributed by atoms with van der Waals surface area (Å²) in [6, 6.07) is 9.79. The van der Waals surface area contributed by atoms with Gasteiger partial charge in [0.2, 0.25) is 0 Å². The molecule has 0 unspecified atom stereocenters. The second-order valence-corrected chi connectivity index (χ2v) is 6.02. The zero-order valence-electron chi connectivity index (χ0n) is 13.0. The van der Waals surface area contributed by atoms with Gasteiger partial charge in [-0.25, -0.2) is 4.98 Å². The van der Waals surface area contributed by atoms with Crippen LogP contribution >= 0.6 is 11.3 Å². The summed E-state index contributed by atoms with van der Waals surface area (Å²) < 4.78 is 5.62. The molecule has 0 radical (unpaired) electrons. The predicted octanol–water partition coefficient (Wildman–Crippen LogP) is 2.24. The lowest BCUT2D eigenvalue weighted by atomic mass is 10.3. The normalized spacial score (nSPS) is 11.3. The van der Waals surface area contributed by atoms with Crippen molar-refractivity contribution < 1.29 is 4.74 Å². The zero-order chi connectivity index (χ0) is 15.6. The maximum atomic E-state index is 5.62. The minimum Gasteiger partial charge on any atom is -0.492 e. The van der Waals surface area contributed by atoms with Crippen LogP contribution in [0.1, 0.15) is 9.88 Å². The van der Waals surface area contributed by atoms with Gasteiger partial charge in [0, 0.05) is 31.1 Å². The number of thiazole rings is 1. The molecule has 0 aliphatic rings. The van der Waals surface area contributed by atoms with Crippen LogP contribution in [0, 0.1) is 6.92 Å². The van der Waals surface area contributed by atoms with Gasteiger partial charge in [0.1, 0.15) is 12.4 Å². The van der Waals surface area contributed by atoms with Crippen molar-refractivity contribution in [3.63, 3.8) is 0 Å². The van der Waals surface area contributed by atoms with Crippen molar-refractivity contribution in [3.8, 4) is 5.75 Å². The standard InChI is InChI=1S/C16H22N4OS/c1-13-12-20-15(22-13)8-9-18-16(17-2)19-10-11-21-14-6-4-3-5-7-14/h3-7,12H,8-11H2,1-2H3,(H2,17,18,19). The van der Waals surface area contributed by atoms with E-state index in [-0.39, 0.29) is 0 Å². The summed E-state index contributed by atoms with van der Waals surface area (Å²) in [5.74, 6) is 1.66. The molecule has 0 saturated heterocycles. The van der Waals surface area contributed by atoms with Gasteiger partial charge in [0.15, 0.2) is 5.96 Å². The Morgan fingerprint density at radius 3 is 2.68 bits per heavy atom. The lowest BCUT2D eigenvalue weighted by molar-refractivity contribution is 0.322. The van der Waals surface area contributed by atoms with Crippen molar-refractivity contribution in [1.82, 2.24) is 15.6 Å². The van der Waals surface area contributed by atoms with Crippen molar-refractivity contribution in [1.29, 1.82) is 0 Å². The van der Waals surface area contributed by atoms with Crippen molar-refractivity contribution in [2.45, 2.75) is 13.3 Å². The Balaban J connectivity index is 1.61. The first-order valence-corrected chi connectivity index (χ1v) is 8.13. The second-order valence-electron chi connectivity index (χ2n) is 4.70. The van der Waals surface area contributed by atoms with Gasteiger partial charge in [-0.15, -0.1) is 11.3 Å². The molecule has 118 valence electrons. The molecule has 1 heterocycles. The molecule has 0 aliphatic carbocycles. The largest absolute Gasteiger partial charge is 0.492 e. The van der Waals surface area contributed by atoms with E-state index in [0.29, 0.717) is 13.2 Å². The third kappa shape index (κ3) is 5.73. The Hall–Kier alpha value is -2.08. The molecule has 1 aromatic carbocycles. The van der Waals surface area contributed by atoms with Crippen LogP contribution in [0.2, 0.25) is 0 Å². The highest BCUT2D eigenvalue weighted by Gasteiger charge is 2.01. The lowest BCUT2D eigenvalue weighted by Crippen LogP contribution is -2.40. The highest BCUT2D eigenvalue weighted by atomic mass is 32.1.